The topological polar surface area (TPSA) is 77.3 Å². The maximum atomic E-state index is 11.1. The van der Waals surface area contributed by atoms with Crippen molar-refractivity contribution in [1.29, 1.82) is 0 Å². The molecule has 0 aliphatic carbocycles. The van der Waals surface area contributed by atoms with Crippen molar-refractivity contribution in [3.63, 3.8) is 0 Å². The van der Waals surface area contributed by atoms with Crippen LogP contribution in [0.2, 0.25) is 0 Å². The lowest BCUT2D eigenvalue weighted by Gasteiger charge is -2.17. The maximum Gasteiger partial charge on any atom is 0.278 e. The largest absolute Gasteiger partial charge is 0.383 e. The Bertz CT molecular complexity index is 457. The number of nitrogens with one attached hydrogen (secondary N) is 1. The Labute approximate surface area is 119 Å². The van der Waals surface area contributed by atoms with Crippen LogP contribution in [-0.2, 0) is 11.2 Å². The molecule has 1 N–H and O–H groups in total. The minimum atomic E-state index is -0.327. The second kappa shape index (κ2) is 7.91. The fourth-order valence-electron chi connectivity index (χ4n) is 2.34. The molecule has 1 aromatic rings. The highest BCUT2D eigenvalue weighted by atomic mass is 16.6. The van der Waals surface area contributed by atoms with E-state index in [1.807, 2.05) is 6.92 Å². The van der Waals surface area contributed by atoms with Gasteiger partial charge in [0.2, 0.25) is 0 Å². The summed E-state index contributed by atoms with van der Waals surface area (Å²) in [5.74, 6) is 0. The normalized spacial score (nSPS) is 12.4. The zero-order valence-electron chi connectivity index (χ0n) is 12.6. The molecule has 6 heteroatoms. The van der Waals surface area contributed by atoms with Gasteiger partial charge in [0, 0.05) is 30.5 Å². The summed E-state index contributed by atoms with van der Waals surface area (Å²) in [4.78, 5) is 15.1. The average molecular weight is 281 g/mol. The molecule has 0 amide bonds. The van der Waals surface area contributed by atoms with Crippen LogP contribution in [0.4, 0.5) is 5.69 Å². The van der Waals surface area contributed by atoms with Crippen LogP contribution in [0.3, 0.4) is 0 Å². The Morgan fingerprint density at radius 3 is 2.75 bits per heavy atom. The van der Waals surface area contributed by atoms with Gasteiger partial charge in [-0.3, -0.25) is 15.1 Å². The molecule has 0 saturated heterocycles. The zero-order valence-corrected chi connectivity index (χ0v) is 12.6. The van der Waals surface area contributed by atoms with Gasteiger partial charge in [-0.05, 0) is 33.2 Å². The predicted molar refractivity (Wildman–Crippen MR) is 78.0 cm³/mol. The first-order chi connectivity index (χ1) is 9.51. The lowest BCUT2D eigenvalue weighted by atomic mass is 10.0. The van der Waals surface area contributed by atoms with Gasteiger partial charge in [-0.1, -0.05) is 6.92 Å². The van der Waals surface area contributed by atoms with E-state index in [0.29, 0.717) is 24.2 Å². The summed E-state index contributed by atoms with van der Waals surface area (Å²) in [6.45, 7) is 7.03. The number of methoxy groups -OCH3 is 1. The number of rotatable bonds is 8. The smallest absolute Gasteiger partial charge is 0.278 e. The Kier molecular flexibility index (Phi) is 6.54. The lowest BCUT2D eigenvalue weighted by Crippen LogP contribution is -2.33. The van der Waals surface area contributed by atoms with Crippen molar-refractivity contribution in [2.75, 3.05) is 20.3 Å². The molecule has 0 spiro atoms. The van der Waals surface area contributed by atoms with Crippen molar-refractivity contribution < 1.29 is 9.66 Å². The highest BCUT2D eigenvalue weighted by Crippen LogP contribution is 2.24. The summed E-state index contributed by atoms with van der Waals surface area (Å²) in [5, 5.41) is 14.4. The van der Waals surface area contributed by atoms with Crippen LogP contribution in [0, 0.1) is 24.0 Å². The number of hydrogen-bond donors (Lipinski definition) is 1. The van der Waals surface area contributed by atoms with E-state index in [2.05, 4.69) is 10.3 Å². The van der Waals surface area contributed by atoms with E-state index >= 15 is 0 Å². The van der Waals surface area contributed by atoms with Gasteiger partial charge in [0.1, 0.15) is 0 Å². The van der Waals surface area contributed by atoms with E-state index in [0.717, 1.165) is 18.7 Å². The van der Waals surface area contributed by atoms with Gasteiger partial charge in [0.05, 0.1) is 17.2 Å². The van der Waals surface area contributed by atoms with E-state index in [1.54, 1.807) is 27.2 Å². The van der Waals surface area contributed by atoms with Crippen LogP contribution in [-0.4, -0.2) is 36.2 Å². The summed E-state index contributed by atoms with van der Waals surface area (Å²) in [7, 11) is 1.67. The van der Waals surface area contributed by atoms with Gasteiger partial charge in [-0.2, -0.15) is 0 Å². The molecule has 1 aromatic heterocycles. The molecule has 1 heterocycles. The molecule has 0 bridgehead atoms. The number of ether oxygens (including phenoxy) is 1. The summed E-state index contributed by atoms with van der Waals surface area (Å²) in [6, 6.07) is 0.242. The number of nitro groups is 1. The molecule has 0 fully saturated rings. The number of pyridine rings is 1. The second-order valence-electron chi connectivity index (χ2n) is 4.87. The molecule has 0 aliphatic heterocycles. The summed E-state index contributed by atoms with van der Waals surface area (Å²) in [6.07, 6.45) is 3.13. The molecule has 6 nitrogen and oxygen atoms in total. The summed E-state index contributed by atoms with van der Waals surface area (Å²) < 4.78 is 5.17. The van der Waals surface area contributed by atoms with Crippen molar-refractivity contribution in [2.24, 2.45) is 0 Å². The molecular formula is C14H23N3O3. The van der Waals surface area contributed by atoms with Gasteiger partial charge in [0.15, 0.2) is 0 Å². The van der Waals surface area contributed by atoms with Gasteiger partial charge >= 0.3 is 0 Å². The fourth-order valence-corrected chi connectivity index (χ4v) is 2.34. The highest BCUT2D eigenvalue weighted by Gasteiger charge is 2.19. The van der Waals surface area contributed by atoms with Gasteiger partial charge < -0.3 is 10.1 Å². The number of aromatic nitrogens is 1. The first-order valence-corrected chi connectivity index (χ1v) is 6.83. The lowest BCUT2D eigenvalue weighted by molar-refractivity contribution is -0.386. The SMILES string of the molecule is CCNC(CCc1ncc(C)c([N+](=O)[O-])c1C)COC. The monoisotopic (exact) mass is 281 g/mol. The van der Waals surface area contributed by atoms with Crippen molar-refractivity contribution in [3.05, 3.63) is 33.1 Å². The Hall–Kier alpha value is -1.53. The van der Waals surface area contributed by atoms with E-state index in [4.69, 9.17) is 4.74 Å². The van der Waals surface area contributed by atoms with Crippen LogP contribution in [0.5, 0.6) is 0 Å². The van der Waals surface area contributed by atoms with Crippen molar-refractivity contribution in [1.82, 2.24) is 10.3 Å². The summed E-state index contributed by atoms with van der Waals surface area (Å²) >= 11 is 0. The molecule has 0 aliphatic rings. The minimum absolute atomic E-state index is 0.182. The van der Waals surface area contributed by atoms with E-state index in [1.165, 1.54) is 0 Å². The molecule has 0 radical (unpaired) electrons. The van der Waals surface area contributed by atoms with E-state index in [9.17, 15) is 10.1 Å². The third-order valence-corrected chi connectivity index (χ3v) is 3.35. The number of hydrogen-bond acceptors (Lipinski definition) is 5. The summed E-state index contributed by atoms with van der Waals surface area (Å²) in [5.41, 5.74) is 2.25. The van der Waals surface area contributed by atoms with Crippen molar-refractivity contribution >= 4 is 5.69 Å². The van der Waals surface area contributed by atoms with Crippen LogP contribution >= 0.6 is 0 Å². The van der Waals surface area contributed by atoms with E-state index in [-0.39, 0.29) is 16.7 Å². The number of nitrogens with zero attached hydrogens (tertiary/aromatic N) is 2. The number of aryl methyl sites for hydroxylation is 2. The molecule has 20 heavy (non-hydrogen) atoms. The highest BCUT2D eigenvalue weighted by molar-refractivity contribution is 5.47. The van der Waals surface area contributed by atoms with Crippen LogP contribution in [0.15, 0.2) is 6.20 Å². The van der Waals surface area contributed by atoms with E-state index < -0.39 is 0 Å². The first-order valence-electron chi connectivity index (χ1n) is 6.83. The molecule has 1 unspecified atom stereocenters. The maximum absolute atomic E-state index is 11.1. The van der Waals surface area contributed by atoms with Crippen LogP contribution < -0.4 is 5.32 Å². The van der Waals surface area contributed by atoms with Gasteiger partial charge in [-0.25, -0.2) is 0 Å². The molecule has 0 saturated carbocycles. The molecule has 0 aromatic carbocycles. The zero-order chi connectivity index (χ0) is 15.1. The predicted octanol–water partition coefficient (Wildman–Crippen LogP) is 2.16. The third-order valence-electron chi connectivity index (χ3n) is 3.35. The molecule has 1 rings (SSSR count). The molecule has 112 valence electrons. The number of likely N-dealkylation sites (N-methyl/N-ethyl adjacent to an activating group) is 1. The van der Waals surface area contributed by atoms with Crippen molar-refractivity contribution in [3.8, 4) is 0 Å². The molecular weight excluding hydrogens is 258 g/mol. The second-order valence-corrected chi connectivity index (χ2v) is 4.87. The minimum Gasteiger partial charge on any atom is -0.383 e. The van der Waals surface area contributed by atoms with Gasteiger partial charge in [0.25, 0.3) is 5.69 Å². The fraction of sp³-hybridized carbons (Fsp3) is 0.643. The van der Waals surface area contributed by atoms with Crippen LogP contribution in [0.1, 0.15) is 30.2 Å². The average Bonchev–Trinajstić information content (AvgIpc) is 2.37. The van der Waals surface area contributed by atoms with Gasteiger partial charge in [-0.15, -0.1) is 0 Å². The van der Waals surface area contributed by atoms with Crippen molar-refractivity contribution in [2.45, 2.75) is 39.7 Å². The Morgan fingerprint density at radius 2 is 2.20 bits per heavy atom. The third kappa shape index (κ3) is 4.25. The van der Waals surface area contributed by atoms with Crippen LogP contribution in [0.25, 0.3) is 0 Å². The quantitative estimate of drug-likeness (QED) is 0.583. The Balaban J connectivity index is 2.82. The Morgan fingerprint density at radius 1 is 1.50 bits per heavy atom. The standard InChI is InChI=1S/C14H23N3O3/c1-5-15-12(9-20-4)6-7-13-11(3)14(17(18)19)10(2)8-16-13/h8,12,15H,5-7,9H2,1-4H3. The molecule has 1 atom stereocenters. The first kappa shape index (κ1) is 16.5.